The maximum atomic E-state index is 11.8. The van der Waals surface area contributed by atoms with Gasteiger partial charge in [0.2, 0.25) is 0 Å². The minimum Gasteiger partial charge on any atom is -0.408 e. The standard InChI is InChI=1S/C14H18N2O3/c17-11-5-7-15(8-6-11)9-10-16-12-3-1-2-4-13(12)19-14(16)18/h1-4,11,17H,5-10H2. The van der Waals surface area contributed by atoms with E-state index < -0.39 is 0 Å². The van der Waals surface area contributed by atoms with Gasteiger partial charge in [0.1, 0.15) is 0 Å². The van der Waals surface area contributed by atoms with Crippen LogP contribution in [-0.2, 0) is 6.54 Å². The summed E-state index contributed by atoms with van der Waals surface area (Å²) in [6.45, 7) is 3.24. The van der Waals surface area contributed by atoms with E-state index in [1.807, 2.05) is 24.3 Å². The Morgan fingerprint density at radius 2 is 1.95 bits per heavy atom. The molecular formula is C14H18N2O3. The van der Waals surface area contributed by atoms with E-state index in [-0.39, 0.29) is 11.9 Å². The van der Waals surface area contributed by atoms with E-state index in [4.69, 9.17) is 4.42 Å². The quantitative estimate of drug-likeness (QED) is 0.898. The maximum Gasteiger partial charge on any atom is 0.419 e. The lowest BCUT2D eigenvalue weighted by Crippen LogP contribution is -2.38. The van der Waals surface area contributed by atoms with Crippen molar-refractivity contribution in [3.05, 3.63) is 34.8 Å². The molecule has 5 nitrogen and oxygen atoms in total. The third-order valence-electron chi connectivity index (χ3n) is 3.77. The van der Waals surface area contributed by atoms with Gasteiger partial charge in [-0.25, -0.2) is 4.79 Å². The van der Waals surface area contributed by atoms with Gasteiger partial charge in [-0.2, -0.15) is 0 Å². The molecule has 5 heteroatoms. The van der Waals surface area contributed by atoms with Crippen LogP contribution in [0.2, 0.25) is 0 Å². The van der Waals surface area contributed by atoms with Gasteiger partial charge in [0.25, 0.3) is 0 Å². The molecule has 102 valence electrons. The SMILES string of the molecule is O=c1oc2ccccc2n1CCN1CCC(O)CC1. The molecule has 1 saturated heterocycles. The molecule has 1 aliphatic heterocycles. The van der Waals surface area contributed by atoms with Gasteiger partial charge >= 0.3 is 5.76 Å². The zero-order valence-electron chi connectivity index (χ0n) is 10.8. The molecule has 2 aromatic rings. The third-order valence-corrected chi connectivity index (χ3v) is 3.77. The second-order valence-electron chi connectivity index (χ2n) is 5.06. The van der Waals surface area contributed by atoms with Crippen LogP contribution in [0.5, 0.6) is 0 Å². The van der Waals surface area contributed by atoms with Crippen molar-refractivity contribution < 1.29 is 9.52 Å². The highest BCUT2D eigenvalue weighted by Crippen LogP contribution is 2.13. The molecular weight excluding hydrogens is 244 g/mol. The summed E-state index contributed by atoms with van der Waals surface area (Å²) < 4.78 is 6.89. The van der Waals surface area contributed by atoms with E-state index in [1.165, 1.54) is 0 Å². The smallest absolute Gasteiger partial charge is 0.408 e. The number of aliphatic hydroxyl groups is 1. The first-order chi connectivity index (χ1) is 9.24. The van der Waals surface area contributed by atoms with Crippen LogP contribution in [0.25, 0.3) is 11.1 Å². The van der Waals surface area contributed by atoms with Gasteiger partial charge in [0.15, 0.2) is 5.58 Å². The normalized spacial score (nSPS) is 18.2. The highest BCUT2D eigenvalue weighted by molar-refractivity contribution is 5.72. The fourth-order valence-electron chi connectivity index (χ4n) is 2.61. The van der Waals surface area contributed by atoms with Crippen molar-refractivity contribution in [3.63, 3.8) is 0 Å². The lowest BCUT2D eigenvalue weighted by Gasteiger charge is -2.29. The topological polar surface area (TPSA) is 58.6 Å². The molecule has 0 unspecified atom stereocenters. The number of fused-ring (bicyclic) bond motifs is 1. The molecule has 3 rings (SSSR count). The molecule has 2 heterocycles. The lowest BCUT2D eigenvalue weighted by atomic mass is 10.1. The van der Waals surface area contributed by atoms with Crippen molar-refractivity contribution >= 4 is 11.1 Å². The van der Waals surface area contributed by atoms with Crippen molar-refractivity contribution in [1.29, 1.82) is 0 Å². The molecule has 19 heavy (non-hydrogen) atoms. The monoisotopic (exact) mass is 262 g/mol. The number of piperidine rings is 1. The molecule has 1 aliphatic rings. The fourth-order valence-corrected chi connectivity index (χ4v) is 2.61. The summed E-state index contributed by atoms with van der Waals surface area (Å²) in [4.78, 5) is 14.1. The number of hydrogen-bond acceptors (Lipinski definition) is 4. The van der Waals surface area contributed by atoms with Crippen molar-refractivity contribution in [3.8, 4) is 0 Å². The van der Waals surface area contributed by atoms with Gasteiger partial charge in [0.05, 0.1) is 11.6 Å². The molecule has 0 saturated carbocycles. The summed E-state index contributed by atoms with van der Waals surface area (Å²) in [6, 6.07) is 7.48. The van der Waals surface area contributed by atoms with Crippen molar-refractivity contribution in [2.24, 2.45) is 0 Å². The van der Waals surface area contributed by atoms with Gasteiger partial charge in [-0.05, 0) is 25.0 Å². The predicted octanol–water partition coefficient (Wildman–Crippen LogP) is 1.05. The first-order valence-electron chi connectivity index (χ1n) is 6.73. The Hall–Kier alpha value is -1.59. The van der Waals surface area contributed by atoms with E-state index in [0.717, 1.165) is 38.0 Å². The molecule has 1 aromatic heterocycles. The Bertz CT molecular complexity index is 608. The molecule has 0 amide bonds. The Morgan fingerprint density at radius 1 is 1.21 bits per heavy atom. The summed E-state index contributed by atoms with van der Waals surface area (Å²) >= 11 is 0. The zero-order valence-corrected chi connectivity index (χ0v) is 10.8. The van der Waals surface area contributed by atoms with Crippen LogP contribution in [0.3, 0.4) is 0 Å². The van der Waals surface area contributed by atoms with Crippen LogP contribution >= 0.6 is 0 Å². The van der Waals surface area contributed by atoms with Crippen LogP contribution in [0.1, 0.15) is 12.8 Å². The van der Waals surface area contributed by atoms with E-state index in [9.17, 15) is 9.90 Å². The van der Waals surface area contributed by atoms with E-state index in [2.05, 4.69) is 4.90 Å². The second-order valence-corrected chi connectivity index (χ2v) is 5.06. The summed E-state index contributed by atoms with van der Waals surface area (Å²) in [5.74, 6) is -0.293. The van der Waals surface area contributed by atoms with Crippen LogP contribution < -0.4 is 5.76 Å². The van der Waals surface area contributed by atoms with Gasteiger partial charge in [-0.15, -0.1) is 0 Å². The number of benzene rings is 1. The molecule has 0 radical (unpaired) electrons. The molecule has 0 atom stereocenters. The lowest BCUT2D eigenvalue weighted by molar-refractivity contribution is 0.0808. The number of oxazole rings is 1. The van der Waals surface area contributed by atoms with E-state index >= 15 is 0 Å². The van der Waals surface area contributed by atoms with Gasteiger partial charge < -0.3 is 14.4 Å². The second kappa shape index (κ2) is 5.19. The molecule has 1 fully saturated rings. The van der Waals surface area contributed by atoms with E-state index in [1.54, 1.807) is 4.57 Å². The fraction of sp³-hybridized carbons (Fsp3) is 0.500. The highest BCUT2D eigenvalue weighted by atomic mass is 16.4. The molecule has 0 aliphatic carbocycles. The highest BCUT2D eigenvalue weighted by Gasteiger charge is 2.17. The Kier molecular flexibility index (Phi) is 3.40. The summed E-state index contributed by atoms with van der Waals surface area (Å²) in [6.07, 6.45) is 1.48. The minimum atomic E-state index is -0.293. The maximum absolute atomic E-state index is 11.8. The van der Waals surface area contributed by atoms with Crippen molar-refractivity contribution in [2.75, 3.05) is 19.6 Å². The number of rotatable bonds is 3. The Morgan fingerprint density at radius 3 is 2.74 bits per heavy atom. The van der Waals surface area contributed by atoms with Crippen LogP contribution in [0.4, 0.5) is 0 Å². The molecule has 0 spiro atoms. The average molecular weight is 262 g/mol. The first-order valence-corrected chi connectivity index (χ1v) is 6.73. The molecule has 1 N–H and O–H groups in total. The van der Waals surface area contributed by atoms with Crippen molar-refractivity contribution in [2.45, 2.75) is 25.5 Å². The van der Waals surface area contributed by atoms with Crippen LogP contribution in [-0.4, -0.2) is 40.3 Å². The number of hydrogen-bond donors (Lipinski definition) is 1. The van der Waals surface area contributed by atoms with Gasteiger partial charge in [-0.3, -0.25) is 4.57 Å². The summed E-state index contributed by atoms with van der Waals surface area (Å²) in [5.41, 5.74) is 1.49. The van der Waals surface area contributed by atoms with Gasteiger partial charge in [-0.1, -0.05) is 12.1 Å². The molecule has 0 bridgehead atoms. The summed E-state index contributed by atoms with van der Waals surface area (Å²) in [7, 11) is 0. The average Bonchev–Trinajstić information content (AvgIpc) is 2.74. The summed E-state index contributed by atoms with van der Waals surface area (Å²) in [5, 5.41) is 9.47. The number of aliphatic hydroxyl groups excluding tert-OH is 1. The predicted molar refractivity (Wildman–Crippen MR) is 72.2 cm³/mol. The first kappa shape index (κ1) is 12.4. The van der Waals surface area contributed by atoms with Crippen molar-refractivity contribution in [1.82, 2.24) is 9.47 Å². The zero-order chi connectivity index (χ0) is 13.2. The van der Waals surface area contributed by atoms with Crippen LogP contribution in [0.15, 0.2) is 33.5 Å². The number of likely N-dealkylation sites (tertiary alicyclic amines) is 1. The molecule has 1 aromatic carbocycles. The minimum absolute atomic E-state index is 0.159. The third kappa shape index (κ3) is 2.57. The van der Waals surface area contributed by atoms with Crippen LogP contribution in [0, 0.1) is 0 Å². The Balaban J connectivity index is 1.72. The van der Waals surface area contributed by atoms with Gasteiger partial charge in [0, 0.05) is 26.2 Å². The van der Waals surface area contributed by atoms with E-state index in [0.29, 0.717) is 12.1 Å². The number of aromatic nitrogens is 1. The number of para-hydroxylation sites is 2. The number of nitrogens with zero attached hydrogens (tertiary/aromatic N) is 2. The largest absolute Gasteiger partial charge is 0.419 e. The Labute approximate surface area is 111 Å².